The summed E-state index contributed by atoms with van der Waals surface area (Å²) in [5.74, 6) is 1.56. The Bertz CT molecular complexity index is 773. The number of hydrogen-bond acceptors (Lipinski definition) is 6. The molecule has 0 aliphatic carbocycles. The van der Waals surface area contributed by atoms with Gasteiger partial charge in [-0.1, -0.05) is 23.9 Å². The third kappa shape index (κ3) is 4.37. The van der Waals surface area contributed by atoms with Gasteiger partial charge in [-0.15, -0.1) is 10.2 Å². The first-order valence-electron chi connectivity index (χ1n) is 9.43. The van der Waals surface area contributed by atoms with Crippen LogP contribution in [0, 0.1) is 0 Å². The molecule has 1 saturated heterocycles. The van der Waals surface area contributed by atoms with Crippen molar-refractivity contribution < 1.29 is 9.53 Å². The lowest BCUT2D eigenvalue weighted by molar-refractivity contribution is -0.120. The lowest BCUT2D eigenvalue weighted by Gasteiger charge is -2.28. The molecule has 1 fully saturated rings. The standard InChI is InChI=1S/C19H27N5O2S/c1-4-20-17(25)14(2)27-19-22-21-18(23-12-8-5-9-13-23)24(19)15-10-6-7-11-16(15)26-3/h6-7,10-11,14H,4-5,8-9,12-13H2,1-3H3,(H,20,25)/t14-/m1/s1. The highest BCUT2D eigenvalue weighted by Crippen LogP contribution is 2.34. The molecule has 8 heteroatoms. The van der Waals surface area contributed by atoms with Gasteiger partial charge < -0.3 is 15.0 Å². The molecule has 1 aliphatic rings. The van der Waals surface area contributed by atoms with Crippen LogP contribution >= 0.6 is 11.8 Å². The Morgan fingerprint density at radius 1 is 1.26 bits per heavy atom. The minimum absolute atomic E-state index is 0.00315. The highest BCUT2D eigenvalue weighted by Gasteiger charge is 2.25. The van der Waals surface area contributed by atoms with Crippen LogP contribution in [-0.4, -0.2) is 52.7 Å². The van der Waals surface area contributed by atoms with Crippen LogP contribution < -0.4 is 15.0 Å². The second kappa shape index (κ2) is 9.12. The van der Waals surface area contributed by atoms with Crippen molar-refractivity contribution in [3.63, 3.8) is 0 Å². The Labute approximate surface area is 164 Å². The number of carbonyl (C=O) groups excluding carboxylic acids is 1. The molecule has 0 spiro atoms. The van der Waals surface area contributed by atoms with Crippen LogP contribution in [0.5, 0.6) is 5.75 Å². The second-order valence-corrected chi connectivity index (χ2v) is 7.80. The van der Waals surface area contributed by atoms with Gasteiger partial charge in [0.2, 0.25) is 11.9 Å². The zero-order valence-corrected chi connectivity index (χ0v) is 17.0. The Balaban J connectivity index is 2.00. The van der Waals surface area contributed by atoms with Gasteiger partial charge >= 0.3 is 0 Å². The monoisotopic (exact) mass is 389 g/mol. The highest BCUT2D eigenvalue weighted by atomic mass is 32.2. The maximum Gasteiger partial charge on any atom is 0.233 e. The SMILES string of the molecule is CCNC(=O)[C@@H](C)Sc1nnc(N2CCCCC2)n1-c1ccccc1OC. The fourth-order valence-electron chi connectivity index (χ4n) is 3.19. The highest BCUT2D eigenvalue weighted by molar-refractivity contribution is 8.00. The van der Waals surface area contributed by atoms with Gasteiger partial charge in [-0.2, -0.15) is 0 Å². The van der Waals surface area contributed by atoms with Crippen LogP contribution in [0.4, 0.5) is 5.95 Å². The number of benzene rings is 1. The lowest BCUT2D eigenvalue weighted by Crippen LogP contribution is -2.32. The van der Waals surface area contributed by atoms with Crippen LogP contribution in [0.15, 0.2) is 29.4 Å². The number of carbonyl (C=O) groups is 1. The average molecular weight is 390 g/mol. The summed E-state index contributed by atoms with van der Waals surface area (Å²) in [6.07, 6.45) is 3.54. The van der Waals surface area contributed by atoms with Gasteiger partial charge in [0.05, 0.1) is 18.0 Å². The molecular weight excluding hydrogens is 362 g/mol. The summed E-state index contributed by atoms with van der Waals surface area (Å²) in [4.78, 5) is 14.5. The van der Waals surface area contributed by atoms with E-state index < -0.39 is 0 Å². The van der Waals surface area contributed by atoms with E-state index in [1.165, 1.54) is 18.2 Å². The molecule has 0 saturated carbocycles. The number of nitrogens with one attached hydrogen (secondary N) is 1. The number of hydrogen-bond donors (Lipinski definition) is 1. The number of rotatable bonds is 7. The molecule has 2 heterocycles. The first-order valence-corrected chi connectivity index (χ1v) is 10.3. The molecule has 1 N–H and O–H groups in total. The van der Waals surface area contributed by atoms with Crippen molar-refractivity contribution in [1.29, 1.82) is 0 Å². The Kier molecular flexibility index (Phi) is 6.60. The number of nitrogens with zero attached hydrogens (tertiary/aromatic N) is 4. The minimum atomic E-state index is -0.267. The van der Waals surface area contributed by atoms with E-state index in [-0.39, 0.29) is 11.2 Å². The second-order valence-electron chi connectivity index (χ2n) is 6.49. The molecule has 7 nitrogen and oxygen atoms in total. The number of methoxy groups -OCH3 is 1. The van der Waals surface area contributed by atoms with Gasteiger partial charge in [-0.3, -0.25) is 9.36 Å². The summed E-state index contributed by atoms with van der Waals surface area (Å²) >= 11 is 1.41. The predicted molar refractivity (Wildman–Crippen MR) is 108 cm³/mol. The third-order valence-electron chi connectivity index (χ3n) is 4.58. The van der Waals surface area contributed by atoms with Crippen molar-refractivity contribution in [1.82, 2.24) is 20.1 Å². The number of amides is 1. The number of para-hydroxylation sites is 2. The van der Waals surface area contributed by atoms with Crippen molar-refractivity contribution >= 4 is 23.6 Å². The van der Waals surface area contributed by atoms with E-state index >= 15 is 0 Å². The number of aromatic nitrogens is 3. The smallest absolute Gasteiger partial charge is 0.233 e. The van der Waals surface area contributed by atoms with Gasteiger partial charge in [0, 0.05) is 19.6 Å². The van der Waals surface area contributed by atoms with E-state index in [4.69, 9.17) is 4.74 Å². The zero-order valence-electron chi connectivity index (χ0n) is 16.1. The molecule has 0 bridgehead atoms. The van der Waals surface area contributed by atoms with Crippen molar-refractivity contribution in [2.75, 3.05) is 31.6 Å². The van der Waals surface area contributed by atoms with Gasteiger partial charge in [0.15, 0.2) is 5.16 Å². The minimum Gasteiger partial charge on any atom is -0.495 e. The van der Waals surface area contributed by atoms with E-state index in [1.54, 1.807) is 7.11 Å². The van der Waals surface area contributed by atoms with Crippen LogP contribution in [0.1, 0.15) is 33.1 Å². The summed E-state index contributed by atoms with van der Waals surface area (Å²) < 4.78 is 7.59. The molecule has 1 aliphatic heterocycles. The predicted octanol–water partition coefficient (Wildman–Crippen LogP) is 2.88. The molecule has 3 rings (SSSR count). The zero-order chi connectivity index (χ0) is 19.2. The molecular formula is C19H27N5O2S. The van der Waals surface area contributed by atoms with Crippen molar-refractivity contribution in [2.45, 2.75) is 43.5 Å². The lowest BCUT2D eigenvalue weighted by atomic mass is 10.1. The van der Waals surface area contributed by atoms with Crippen LogP contribution in [0.3, 0.4) is 0 Å². The van der Waals surface area contributed by atoms with Gasteiger partial charge in [0.1, 0.15) is 5.75 Å². The normalized spacial score (nSPS) is 15.4. The molecule has 0 radical (unpaired) electrons. The van der Waals surface area contributed by atoms with Crippen LogP contribution in [0.25, 0.3) is 5.69 Å². The van der Waals surface area contributed by atoms with Crippen molar-refractivity contribution in [3.8, 4) is 11.4 Å². The Hall–Kier alpha value is -2.22. The van der Waals surface area contributed by atoms with Crippen molar-refractivity contribution in [3.05, 3.63) is 24.3 Å². The summed E-state index contributed by atoms with van der Waals surface area (Å²) in [7, 11) is 1.66. The molecule has 1 aromatic heterocycles. The number of anilines is 1. The molecule has 1 aromatic carbocycles. The number of piperidine rings is 1. The molecule has 1 atom stereocenters. The van der Waals surface area contributed by atoms with Crippen LogP contribution in [-0.2, 0) is 4.79 Å². The summed E-state index contributed by atoms with van der Waals surface area (Å²) in [5, 5.41) is 12.2. The van der Waals surface area contributed by atoms with Crippen LogP contribution in [0.2, 0.25) is 0 Å². The fourth-order valence-corrected chi connectivity index (χ4v) is 4.07. The number of thioether (sulfide) groups is 1. The molecule has 146 valence electrons. The fraction of sp³-hybridized carbons (Fsp3) is 0.526. The Morgan fingerprint density at radius 2 is 2.00 bits per heavy atom. The maximum absolute atomic E-state index is 12.2. The van der Waals surface area contributed by atoms with Gasteiger partial charge in [-0.05, 0) is 45.2 Å². The Morgan fingerprint density at radius 3 is 2.70 bits per heavy atom. The number of ether oxygens (including phenoxy) is 1. The largest absolute Gasteiger partial charge is 0.495 e. The first kappa shape index (κ1) is 19.5. The maximum atomic E-state index is 12.2. The van der Waals surface area contributed by atoms with E-state index in [9.17, 15) is 4.79 Å². The van der Waals surface area contributed by atoms with Gasteiger partial charge in [0.25, 0.3) is 0 Å². The first-order chi connectivity index (χ1) is 13.2. The topological polar surface area (TPSA) is 72.3 Å². The summed E-state index contributed by atoms with van der Waals surface area (Å²) in [6.45, 7) is 6.34. The molecule has 27 heavy (non-hydrogen) atoms. The molecule has 1 amide bonds. The van der Waals surface area contributed by atoms with Gasteiger partial charge in [-0.25, -0.2) is 0 Å². The van der Waals surface area contributed by atoms with E-state index in [2.05, 4.69) is 20.4 Å². The average Bonchev–Trinajstić information content (AvgIpc) is 3.12. The summed E-state index contributed by atoms with van der Waals surface area (Å²) in [6, 6.07) is 7.84. The molecule has 0 unspecified atom stereocenters. The van der Waals surface area contributed by atoms with Crippen molar-refractivity contribution in [2.24, 2.45) is 0 Å². The van der Waals surface area contributed by atoms with E-state index in [0.717, 1.165) is 43.3 Å². The quantitative estimate of drug-likeness (QED) is 0.734. The van der Waals surface area contributed by atoms with E-state index in [0.29, 0.717) is 11.7 Å². The third-order valence-corrected chi connectivity index (χ3v) is 5.63. The van der Waals surface area contributed by atoms with E-state index in [1.807, 2.05) is 42.7 Å². The summed E-state index contributed by atoms with van der Waals surface area (Å²) in [5.41, 5.74) is 0.885. The molecule has 2 aromatic rings.